The Kier molecular flexibility index (Phi) is 34.2. The first kappa shape index (κ1) is 46.9. The number of hydrogen-bond acceptors (Lipinski definition) is 7. The van der Waals surface area contributed by atoms with Crippen LogP contribution in [0.25, 0.3) is 0 Å². The molecule has 0 heterocycles. The van der Waals surface area contributed by atoms with Crippen molar-refractivity contribution in [2.24, 2.45) is 5.92 Å². The molecule has 0 spiro atoms. The second-order valence-corrected chi connectivity index (χ2v) is 14.2. The van der Waals surface area contributed by atoms with Gasteiger partial charge in [-0.05, 0) is 19.3 Å². The van der Waals surface area contributed by atoms with Gasteiger partial charge in [-0.2, -0.15) is 0 Å². The van der Waals surface area contributed by atoms with Crippen molar-refractivity contribution in [3.05, 3.63) is 0 Å². The number of carboxylic acids is 1. The number of carboxylic acid groups (broad SMARTS) is 1. The predicted molar refractivity (Wildman–Crippen MR) is 198 cm³/mol. The van der Waals surface area contributed by atoms with Crippen molar-refractivity contribution in [1.29, 1.82) is 0 Å². The van der Waals surface area contributed by atoms with Crippen LogP contribution in [0.1, 0.15) is 213 Å². The SMILES string of the molecule is CCCCCCCCCCCCCCCC(=O)OCC(COC(=O)CCCCCCCCCCCCCCC)OC(=O)C(C)CCC(=O)O. The van der Waals surface area contributed by atoms with Gasteiger partial charge in [0.15, 0.2) is 6.10 Å². The Morgan fingerprint density at radius 3 is 1.08 bits per heavy atom. The first-order chi connectivity index (χ1) is 23.8. The maximum absolute atomic E-state index is 12.6. The molecule has 0 radical (unpaired) electrons. The fourth-order valence-electron chi connectivity index (χ4n) is 5.94. The maximum atomic E-state index is 12.6. The first-order valence-electron chi connectivity index (χ1n) is 20.5. The van der Waals surface area contributed by atoms with Gasteiger partial charge >= 0.3 is 23.9 Å². The molecule has 0 rings (SSSR count). The van der Waals surface area contributed by atoms with Crippen LogP contribution >= 0.6 is 0 Å². The molecule has 49 heavy (non-hydrogen) atoms. The monoisotopic (exact) mass is 697 g/mol. The number of hydrogen-bond donors (Lipinski definition) is 1. The summed E-state index contributed by atoms with van der Waals surface area (Å²) in [6.45, 7) is 5.71. The zero-order valence-electron chi connectivity index (χ0n) is 32.1. The molecule has 1 N–H and O–H groups in total. The van der Waals surface area contributed by atoms with Gasteiger partial charge in [0.1, 0.15) is 13.2 Å². The molecule has 0 aromatic rings. The molecular weight excluding hydrogens is 620 g/mol. The molecule has 0 bridgehead atoms. The largest absolute Gasteiger partial charge is 0.481 e. The second kappa shape index (κ2) is 35.7. The highest BCUT2D eigenvalue weighted by Gasteiger charge is 2.23. The Balaban J connectivity index is 4.24. The van der Waals surface area contributed by atoms with Gasteiger partial charge in [0.25, 0.3) is 0 Å². The normalized spacial score (nSPS) is 11.8. The van der Waals surface area contributed by atoms with E-state index in [9.17, 15) is 19.2 Å². The lowest BCUT2D eigenvalue weighted by Gasteiger charge is -2.20. The highest BCUT2D eigenvalue weighted by Crippen LogP contribution is 2.16. The average Bonchev–Trinajstić information content (AvgIpc) is 3.08. The van der Waals surface area contributed by atoms with Crippen LogP contribution in [-0.4, -0.2) is 48.3 Å². The molecule has 0 aliphatic rings. The van der Waals surface area contributed by atoms with Gasteiger partial charge in [-0.3, -0.25) is 19.2 Å². The van der Waals surface area contributed by atoms with Gasteiger partial charge in [-0.1, -0.05) is 175 Å². The summed E-state index contributed by atoms with van der Waals surface area (Å²) in [7, 11) is 0. The van der Waals surface area contributed by atoms with Crippen molar-refractivity contribution in [1.82, 2.24) is 0 Å². The molecule has 1 atom stereocenters. The van der Waals surface area contributed by atoms with E-state index in [2.05, 4.69) is 13.8 Å². The molecule has 1 unspecified atom stereocenters. The third kappa shape index (κ3) is 34.1. The molecule has 0 amide bonds. The molecule has 0 fully saturated rings. The number of ether oxygens (including phenoxy) is 3. The molecular formula is C41H76O8. The minimum atomic E-state index is -0.986. The van der Waals surface area contributed by atoms with E-state index in [1.165, 1.54) is 128 Å². The molecule has 288 valence electrons. The Morgan fingerprint density at radius 1 is 0.469 bits per heavy atom. The Morgan fingerprint density at radius 2 is 0.776 bits per heavy atom. The van der Waals surface area contributed by atoms with Gasteiger partial charge in [-0.25, -0.2) is 0 Å². The number of unbranched alkanes of at least 4 members (excludes halogenated alkanes) is 24. The van der Waals surface area contributed by atoms with Crippen molar-refractivity contribution in [2.45, 2.75) is 219 Å². The number of carbonyl (C=O) groups excluding carboxylic acids is 3. The minimum absolute atomic E-state index is 0.137. The average molecular weight is 697 g/mol. The fraction of sp³-hybridized carbons (Fsp3) is 0.902. The van der Waals surface area contributed by atoms with E-state index in [0.717, 1.165) is 38.5 Å². The predicted octanol–water partition coefficient (Wildman–Crippen LogP) is 11.4. The molecule has 0 aliphatic carbocycles. The van der Waals surface area contributed by atoms with Crippen LogP contribution in [0.15, 0.2) is 0 Å². The summed E-state index contributed by atoms with van der Waals surface area (Å²) >= 11 is 0. The lowest BCUT2D eigenvalue weighted by Crippen LogP contribution is -2.32. The highest BCUT2D eigenvalue weighted by molar-refractivity contribution is 5.74. The number of carbonyl (C=O) groups is 4. The first-order valence-corrected chi connectivity index (χ1v) is 20.5. The quantitative estimate of drug-likeness (QED) is 0.0387. The number of esters is 3. The number of rotatable bonds is 37. The van der Waals surface area contributed by atoms with Crippen molar-refractivity contribution in [2.75, 3.05) is 13.2 Å². The van der Waals surface area contributed by atoms with Crippen LogP contribution in [-0.2, 0) is 33.4 Å². The van der Waals surface area contributed by atoms with Crippen LogP contribution in [0.3, 0.4) is 0 Å². The Bertz CT molecular complexity index is 752. The third-order valence-corrected chi connectivity index (χ3v) is 9.31. The third-order valence-electron chi connectivity index (χ3n) is 9.31. The van der Waals surface area contributed by atoms with E-state index >= 15 is 0 Å². The summed E-state index contributed by atoms with van der Waals surface area (Å²) in [6.07, 6.45) is 31.5. The van der Waals surface area contributed by atoms with Gasteiger partial charge in [0.2, 0.25) is 0 Å². The zero-order chi connectivity index (χ0) is 36.2. The summed E-state index contributed by atoms with van der Waals surface area (Å²) < 4.78 is 16.3. The van der Waals surface area contributed by atoms with Crippen molar-refractivity contribution >= 4 is 23.9 Å². The number of aliphatic carboxylic acids is 1. The summed E-state index contributed by atoms with van der Waals surface area (Å²) in [4.78, 5) is 48.3. The van der Waals surface area contributed by atoms with E-state index in [-0.39, 0.29) is 38.0 Å². The van der Waals surface area contributed by atoms with E-state index < -0.39 is 24.0 Å². The topological polar surface area (TPSA) is 116 Å². The van der Waals surface area contributed by atoms with Crippen LogP contribution in [0.5, 0.6) is 0 Å². The van der Waals surface area contributed by atoms with Gasteiger partial charge < -0.3 is 19.3 Å². The van der Waals surface area contributed by atoms with Gasteiger partial charge in [0, 0.05) is 19.3 Å². The Labute approximate surface area is 300 Å². The lowest BCUT2D eigenvalue weighted by atomic mass is 10.0. The highest BCUT2D eigenvalue weighted by atomic mass is 16.6. The maximum Gasteiger partial charge on any atom is 0.309 e. The van der Waals surface area contributed by atoms with Crippen molar-refractivity contribution in [3.8, 4) is 0 Å². The van der Waals surface area contributed by atoms with Crippen LogP contribution in [0, 0.1) is 5.92 Å². The Hall–Kier alpha value is -2.12. The smallest absolute Gasteiger partial charge is 0.309 e. The molecule has 8 nitrogen and oxygen atoms in total. The minimum Gasteiger partial charge on any atom is -0.481 e. The lowest BCUT2D eigenvalue weighted by molar-refractivity contribution is -0.169. The van der Waals surface area contributed by atoms with Crippen molar-refractivity contribution in [3.63, 3.8) is 0 Å². The van der Waals surface area contributed by atoms with Crippen molar-refractivity contribution < 1.29 is 38.5 Å². The molecule has 0 aliphatic heterocycles. The van der Waals surface area contributed by atoms with Gasteiger partial charge in [-0.15, -0.1) is 0 Å². The summed E-state index contributed by atoms with van der Waals surface area (Å²) in [5.41, 5.74) is 0. The zero-order valence-corrected chi connectivity index (χ0v) is 32.1. The fourth-order valence-corrected chi connectivity index (χ4v) is 5.94. The molecule has 8 heteroatoms. The molecule has 0 aromatic heterocycles. The summed E-state index contributed by atoms with van der Waals surface area (Å²) in [6, 6.07) is 0. The summed E-state index contributed by atoms with van der Waals surface area (Å²) in [5.74, 6) is -2.93. The van der Waals surface area contributed by atoms with E-state index in [1.807, 2.05) is 0 Å². The molecule has 0 aromatic carbocycles. The van der Waals surface area contributed by atoms with E-state index in [0.29, 0.717) is 12.8 Å². The molecule has 0 saturated carbocycles. The van der Waals surface area contributed by atoms with E-state index in [1.54, 1.807) is 6.92 Å². The second-order valence-electron chi connectivity index (χ2n) is 14.2. The van der Waals surface area contributed by atoms with Crippen LogP contribution in [0.2, 0.25) is 0 Å². The van der Waals surface area contributed by atoms with E-state index in [4.69, 9.17) is 19.3 Å². The van der Waals surface area contributed by atoms with Crippen LogP contribution < -0.4 is 0 Å². The molecule has 0 saturated heterocycles. The van der Waals surface area contributed by atoms with Gasteiger partial charge in [0.05, 0.1) is 5.92 Å². The van der Waals surface area contributed by atoms with Crippen LogP contribution in [0.4, 0.5) is 0 Å². The summed E-state index contributed by atoms with van der Waals surface area (Å²) in [5, 5.41) is 8.94. The standard InChI is InChI=1S/C41H76O8/c1-4-6-8-10-12-14-16-18-20-22-24-26-28-30-39(44)47-34-37(49-41(46)36(3)32-33-38(42)43)35-48-40(45)31-29-27-25-23-21-19-17-15-13-11-9-7-5-2/h36-37H,4-35H2,1-3H3,(H,42,43).